The highest BCUT2D eigenvalue weighted by molar-refractivity contribution is 9.10. The lowest BCUT2D eigenvalue weighted by Crippen LogP contribution is -2.24. The summed E-state index contributed by atoms with van der Waals surface area (Å²) < 4.78 is 16.9. The van der Waals surface area contributed by atoms with Crippen molar-refractivity contribution < 1.29 is 19.0 Å². The van der Waals surface area contributed by atoms with Crippen LogP contribution in [0.5, 0.6) is 17.2 Å². The van der Waals surface area contributed by atoms with Crippen LogP contribution in [-0.2, 0) is 4.79 Å². The molecule has 0 aromatic heterocycles. The van der Waals surface area contributed by atoms with Gasteiger partial charge in [-0.05, 0) is 51.3 Å². The average molecular weight is 453 g/mol. The minimum atomic E-state index is -0.356. The molecule has 0 saturated carbocycles. The number of carbonyl (C=O) groups is 1. The number of rotatable bonds is 6. The zero-order valence-corrected chi connectivity index (χ0v) is 16.9. The Morgan fingerprint density at radius 2 is 1.72 bits per heavy atom. The number of ether oxygens (including phenoxy) is 3. The smallest absolute Gasteiger partial charge is 0.277 e. The van der Waals surface area contributed by atoms with Crippen LogP contribution in [0.15, 0.2) is 76.3 Å². The topological polar surface area (TPSA) is 69.2 Å². The molecule has 0 bridgehead atoms. The van der Waals surface area contributed by atoms with Crippen molar-refractivity contribution in [2.75, 3.05) is 13.4 Å². The number of carbonyl (C=O) groups excluding carboxylic acids is 1. The second kappa shape index (κ2) is 8.79. The van der Waals surface area contributed by atoms with Crippen LogP contribution < -0.4 is 19.6 Å². The van der Waals surface area contributed by atoms with E-state index in [1.165, 1.54) is 6.21 Å². The third-order valence-electron chi connectivity index (χ3n) is 4.22. The molecule has 0 unspecified atom stereocenters. The van der Waals surface area contributed by atoms with Crippen molar-refractivity contribution in [3.05, 3.63) is 76.8 Å². The molecule has 1 aliphatic rings. The Balaban J connectivity index is 1.29. The van der Waals surface area contributed by atoms with Gasteiger partial charge in [-0.2, -0.15) is 5.10 Å². The highest BCUT2D eigenvalue weighted by Gasteiger charge is 2.15. The fourth-order valence-electron chi connectivity index (χ4n) is 2.76. The van der Waals surface area contributed by atoms with Gasteiger partial charge in [0, 0.05) is 10.0 Å². The Labute approximate surface area is 176 Å². The summed E-state index contributed by atoms with van der Waals surface area (Å²) >= 11 is 3.44. The van der Waals surface area contributed by atoms with Crippen molar-refractivity contribution in [1.82, 2.24) is 5.43 Å². The van der Waals surface area contributed by atoms with Crippen molar-refractivity contribution in [3.63, 3.8) is 0 Å². The van der Waals surface area contributed by atoms with Crippen LogP contribution in [0, 0.1) is 0 Å². The summed E-state index contributed by atoms with van der Waals surface area (Å²) in [6.45, 7) is 0.0626. The number of benzene rings is 3. The molecule has 1 heterocycles. The molecule has 29 heavy (non-hydrogen) atoms. The molecule has 1 aliphatic heterocycles. The predicted octanol–water partition coefficient (Wildman–Crippen LogP) is 4.37. The molecule has 1 amide bonds. The molecule has 0 atom stereocenters. The zero-order chi connectivity index (χ0) is 20.1. The number of hydrogen-bond acceptors (Lipinski definition) is 5. The van der Waals surface area contributed by atoms with E-state index in [1.807, 2.05) is 54.6 Å². The fourth-order valence-corrected chi connectivity index (χ4v) is 3.19. The number of halogens is 1. The number of amides is 1. The van der Waals surface area contributed by atoms with Crippen molar-refractivity contribution >= 4 is 28.1 Å². The number of nitrogens with one attached hydrogen (secondary N) is 1. The van der Waals surface area contributed by atoms with Crippen molar-refractivity contribution in [2.24, 2.45) is 5.10 Å². The van der Waals surface area contributed by atoms with Crippen LogP contribution in [0.2, 0.25) is 0 Å². The van der Waals surface area contributed by atoms with Gasteiger partial charge in [0.05, 0.1) is 6.21 Å². The first-order valence-corrected chi connectivity index (χ1v) is 9.68. The number of hydrazone groups is 1. The van der Waals surface area contributed by atoms with E-state index in [0.717, 1.165) is 21.2 Å². The fraction of sp³-hybridized carbons (Fsp3) is 0.0909. The lowest BCUT2D eigenvalue weighted by atomic mass is 10.1. The van der Waals surface area contributed by atoms with Gasteiger partial charge in [-0.3, -0.25) is 4.79 Å². The Kier molecular flexibility index (Phi) is 5.76. The summed E-state index contributed by atoms with van der Waals surface area (Å²) in [6, 6.07) is 21.2. The molecular formula is C22H17BrN2O4. The van der Waals surface area contributed by atoms with Crippen LogP contribution in [0.3, 0.4) is 0 Å². The first kappa shape index (κ1) is 19.0. The Morgan fingerprint density at radius 3 is 2.48 bits per heavy atom. The molecule has 6 nitrogen and oxygen atoms in total. The number of hydrogen-bond donors (Lipinski definition) is 1. The van der Waals surface area contributed by atoms with E-state index in [0.29, 0.717) is 17.2 Å². The maximum absolute atomic E-state index is 12.0. The first-order chi connectivity index (χ1) is 14.2. The van der Waals surface area contributed by atoms with Crippen LogP contribution in [0.1, 0.15) is 5.56 Å². The van der Waals surface area contributed by atoms with Gasteiger partial charge >= 0.3 is 0 Å². The molecule has 0 saturated heterocycles. The zero-order valence-electron chi connectivity index (χ0n) is 15.3. The molecule has 4 rings (SSSR count). The van der Waals surface area contributed by atoms with Gasteiger partial charge < -0.3 is 14.2 Å². The van der Waals surface area contributed by atoms with Gasteiger partial charge in [-0.1, -0.05) is 42.5 Å². The molecule has 0 radical (unpaired) electrons. The lowest BCUT2D eigenvalue weighted by molar-refractivity contribution is -0.123. The summed E-state index contributed by atoms with van der Waals surface area (Å²) in [5.74, 6) is 1.57. The third kappa shape index (κ3) is 4.75. The SMILES string of the molecule is O=C(COc1ccc(-c2ccccc2)cc1)NN=Cc1cc2c(cc1Br)OCO2. The second-order valence-electron chi connectivity index (χ2n) is 6.20. The molecule has 3 aromatic carbocycles. The lowest BCUT2D eigenvalue weighted by Gasteiger charge is -2.07. The van der Waals surface area contributed by atoms with E-state index in [9.17, 15) is 4.79 Å². The highest BCUT2D eigenvalue weighted by Crippen LogP contribution is 2.36. The molecule has 0 spiro atoms. The monoisotopic (exact) mass is 452 g/mol. The quantitative estimate of drug-likeness (QED) is 0.445. The summed E-state index contributed by atoms with van der Waals surface area (Å²) in [5.41, 5.74) is 5.41. The van der Waals surface area contributed by atoms with Crippen LogP contribution in [-0.4, -0.2) is 25.5 Å². The maximum atomic E-state index is 12.0. The van der Waals surface area contributed by atoms with Gasteiger partial charge in [0.25, 0.3) is 5.91 Å². The van der Waals surface area contributed by atoms with E-state index in [4.69, 9.17) is 14.2 Å². The van der Waals surface area contributed by atoms with E-state index in [1.54, 1.807) is 12.1 Å². The number of nitrogens with zero attached hydrogens (tertiary/aromatic N) is 1. The minimum Gasteiger partial charge on any atom is -0.484 e. The van der Waals surface area contributed by atoms with Gasteiger partial charge in [0.1, 0.15) is 5.75 Å². The third-order valence-corrected chi connectivity index (χ3v) is 4.90. The largest absolute Gasteiger partial charge is 0.484 e. The Morgan fingerprint density at radius 1 is 1.03 bits per heavy atom. The van der Waals surface area contributed by atoms with Gasteiger partial charge in [0.2, 0.25) is 6.79 Å². The normalized spacial score (nSPS) is 12.2. The maximum Gasteiger partial charge on any atom is 0.277 e. The van der Waals surface area contributed by atoms with Crippen LogP contribution in [0.25, 0.3) is 11.1 Å². The van der Waals surface area contributed by atoms with E-state index >= 15 is 0 Å². The molecule has 1 N–H and O–H groups in total. The van der Waals surface area contributed by atoms with Gasteiger partial charge in [0.15, 0.2) is 18.1 Å². The molecule has 0 aliphatic carbocycles. The molecule has 146 valence electrons. The summed E-state index contributed by atoms with van der Waals surface area (Å²) in [7, 11) is 0. The van der Waals surface area contributed by atoms with Crippen molar-refractivity contribution in [1.29, 1.82) is 0 Å². The Hall–Kier alpha value is -3.32. The second-order valence-corrected chi connectivity index (χ2v) is 7.05. The highest BCUT2D eigenvalue weighted by atomic mass is 79.9. The summed E-state index contributed by atoms with van der Waals surface area (Å²) in [4.78, 5) is 12.0. The summed E-state index contributed by atoms with van der Waals surface area (Å²) in [6.07, 6.45) is 1.53. The standard InChI is InChI=1S/C22H17BrN2O4/c23-19-11-21-20(28-14-29-21)10-17(19)12-24-25-22(26)13-27-18-8-6-16(7-9-18)15-4-2-1-3-5-15/h1-12H,13-14H2,(H,25,26). The predicted molar refractivity (Wildman–Crippen MR) is 113 cm³/mol. The van der Waals surface area contributed by atoms with E-state index in [2.05, 4.69) is 26.5 Å². The molecule has 7 heteroatoms. The van der Waals surface area contributed by atoms with Crippen molar-refractivity contribution in [2.45, 2.75) is 0 Å². The number of fused-ring (bicyclic) bond motifs is 1. The molecular weight excluding hydrogens is 436 g/mol. The van der Waals surface area contributed by atoms with Crippen molar-refractivity contribution in [3.8, 4) is 28.4 Å². The average Bonchev–Trinajstić information content (AvgIpc) is 3.20. The molecule has 0 fully saturated rings. The van der Waals surface area contributed by atoms with Crippen LogP contribution in [0.4, 0.5) is 0 Å². The molecule has 3 aromatic rings. The van der Waals surface area contributed by atoms with Gasteiger partial charge in [-0.25, -0.2) is 5.43 Å². The first-order valence-electron chi connectivity index (χ1n) is 8.88. The Bertz CT molecular complexity index is 1040. The summed E-state index contributed by atoms with van der Waals surface area (Å²) in [5, 5.41) is 3.96. The minimum absolute atomic E-state index is 0.135. The van der Waals surface area contributed by atoms with Gasteiger partial charge in [-0.15, -0.1) is 0 Å². The van der Waals surface area contributed by atoms with Crippen LogP contribution >= 0.6 is 15.9 Å². The van der Waals surface area contributed by atoms with E-state index in [-0.39, 0.29) is 19.3 Å². The van der Waals surface area contributed by atoms with E-state index < -0.39 is 0 Å².